The zero-order valence-electron chi connectivity index (χ0n) is 9.08. The van der Waals surface area contributed by atoms with E-state index in [1.165, 1.54) is 44.1 Å². The topological polar surface area (TPSA) is 28.7 Å². The lowest BCUT2D eigenvalue weighted by Gasteiger charge is -2.56. The first kappa shape index (κ1) is 8.37. The van der Waals surface area contributed by atoms with Crippen molar-refractivity contribution < 1.29 is 0 Å². The van der Waals surface area contributed by atoms with Crippen molar-refractivity contribution in [3.8, 4) is 0 Å². The smallest absolute Gasteiger partial charge is 0.0524 e. The van der Waals surface area contributed by atoms with Gasteiger partial charge in [-0.3, -0.25) is 5.10 Å². The van der Waals surface area contributed by atoms with E-state index < -0.39 is 0 Å². The summed E-state index contributed by atoms with van der Waals surface area (Å²) in [5.41, 5.74) is 2.03. The Bertz CT molecular complexity index is 331. The van der Waals surface area contributed by atoms with Gasteiger partial charge < -0.3 is 0 Å². The lowest BCUT2D eigenvalue weighted by Crippen LogP contribution is -2.48. The summed E-state index contributed by atoms with van der Waals surface area (Å²) in [5, 5.41) is 7.16. The molecule has 4 aliphatic rings. The predicted molar refractivity (Wildman–Crippen MR) is 58.4 cm³/mol. The zero-order valence-corrected chi connectivity index (χ0v) is 9.08. The van der Waals surface area contributed by atoms with Crippen LogP contribution < -0.4 is 0 Å². The fraction of sp³-hybridized carbons (Fsp3) is 0.769. The fourth-order valence-corrected chi connectivity index (χ4v) is 5.01. The van der Waals surface area contributed by atoms with E-state index in [0.717, 1.165) is 17.8 Å². The maximum absolute atomic E-state index is 4.15. The van der Waals surface area contributed by atoms with Crippen LogP contribution in [-0.2, 0) is 5.41 Å². The lowest BCUT2D eigenvalue weighted by molar-refractivity contribution is -0.00517. The van der Waals surface area contributed by atoms with Gasteiger partial charge in [-0.1, -0.05) is 0 Å². The van der Waals surface area contributed by atoms with Crippen LogP contribution in [0.25, 0.3) is 0 Å². The van der Waals surface area contributed by atoms with Crippen LogP contribution in [0.1, 0.15) is 44.1 Å². The second kappa shape index (κ2) is 2.66. The standard InChI is InChI=1S/C13H18N2/c1-9-2-11-3-10(1)5-13(4-9,6-11)12-7-14-15-8-12/h7-11H,1-6H2,(H,14,15)/i14+1,15+1. The molecular formula is C13H18N2. The Morgan fingerprint density at radius 2 is 1.67 bits per heavy atom. The van der Waals surface area contributed by atoms with E-state index in [4.69, 9.17) is 0 Å². The SMILES string of the molecule is c1[15n][15nH]cc1C12CC3CC(CC(C3)C1)C2. The minimum Gasteiger partial charge on any atom is -0.285 e. The summed E-state index contributed by atoms with van der Waals surface area (Å²) in [6.07, 6.45) is 13.1. The maximum atomic E-state index is 4.15. The summed E-state index contributed by atoms with van der Waals surface area (Å²) < 4.78 is 0. The van der Waals surface area contributed by atoms with Gasteiger partial charge in [0.05, 0.1) is 6.20 Å². The van der Waals surface area contributed by atoms with Gasteiger partial charge >= 0.3 is 0 Å². The van der Waals surface area contributed by atoms with Crippen LogP contribution in [0.2, 0.25) is 0 Å². The van der Waals surface area contributed by atoms with Crippen molar-refractivity contribution in [2.45, 2.75) is 43.9 Å². The minimum atomic E-state index is 0.530. The number of hydrogen-bond acceptors (Lipinski definition) is 1. The van der Waals surface area contributed by atoms with Gasteiger partial charge in [0.1, 0.15) is 0 Å². The summed E-state index contributed by atoms with van der Waals surface area (Å²) in [4.78, 5) is 0. The molecule has 4 fully saturated rings. The molecule has 0 unspecified atom stereocenters. The molecule has 1 aromatic heterocycles. The monoisotopic (exact) mass is 204 g/mol. The maximum Gasteiger partial charge on any atom is 0.0524 e. The molecule has 0 aromatic carbocycles. The number of aromatic amines is 1. The van der Waals surface area contributed by atoms with E-state index in [2.05, 4.69) is 22.6 Å². The molecule has 4 bridgehead atoms. The zero-order chi connectivity index (χ0) is 9.88. The van der Waals surface area contributed by atoms with Gasteiger partial charge in [0.25, 0.3) is 0 Å². The molecule has 80 valence electrons. The first-order valence-electron chi connectivity index (χ1n) is 6.33. The molecule has 0 spiro atoms. The Kier molecular flexibility index (Phi) is 1.48. The van der Waals surface area contributed by atoms with Crippen LogP contribution in [0.5, 0.6) is 0 Å². The molecule has 0 atom stereocenters. The van der Waals surface area contributed by atoms with E-state index in [1.54, 1.807) is 0 Å². The quantitative estimate of drug-likeness (QED) is 0.748. The Balaban J connectivity index is 1.77. The second-order valence-electron chi connectivity index (χ2n) is 6.18. The fourth-order valence-electron chi connectivity index (χ4n) is 5.01. The van der Waals surface area contributed by atoms with Crippen molar-refractivity contribution in [2.75, 3.05) is 0 Å². The summed E-state index contributed by atoms with van der Waals surface area (Å²) >= 11 is 0. The molecule has 0 aliphatic heterocycles. The van der Waals surface area contributed by atoms with Gasteiger partial charge in [-0.15, -0.1) is 0 Å². The van der Waals surface area contributed by atoms with Crippen LogP contribution in [0.15, 0.2) is 12.4 Å². The highest BCUT2D eigenvalue weighted by Crippen LogP contribution is 2.60. The van der Waals surface area contributed by atoms with E-state index in [1.807, 2.05) is 0 Å². The van der Waals surface area contributed by atoms with E-state index in [-0.39, 0.29) is 0 Å². The summed E-state index contributed by atoms with van der Waals surface area (Å²) in [6, 6.07) is 0. The van der Waals surface area contributed by atoms with Crippen molar-refractivity contribution >= 4 is 0 Å². The molecule has 0 radical (unpaired) electrons. The summed E-state index contributed by atoms with van der Waals surface area (Å²) in [6.45, 7) is 0. The van der Waals surface area contributed by atoms with Gasteiger partial charge in [-0.2, -0.15) is 5.10 Å². The van der Waals surface area contributed by atoms with Gasteiger partial charge in [0.15, 0.2) is 0 Å². The van der Waals surface area contributed by atoms with Crippen LogP contribution in [-0.4, -0.2) is 10.2 Å². The van der Waals surface area contributed by atoms with Crippen LogP contribution in [0.3, 0.4) is 0 Å². The Morgan fingerprint density at radius 1 is 1.07 bits per heavy atom. The van der Waals surface area contributed by atoms with Crippen LogP contribution >= 0.6 is 0 Å². The molecule has 0 amide bonds. The van der Waals surface area contributed by atoms with E-state index >= 15 is 0 Å². The highest BCUT2D eigenvalue weighted by molar-refractivity contribution is 5.24. The number of H-pyrrole nitrogens is 1. The highest BCUT2D eigenvalue weighted by atomic mass is 16.0. The van der Waals surface area contributed by atoms with Gasteiger partial charge in [0.2, 0.25) is 0 Å². The molecule has 2 nitrogen and oxygen atoms in total. The Labute approximate surface area is 90.5 Å². The summed E-state index contributed by atoms with van der Waals surface area (Å²) in [5.74, 6) is 3.10. The first-order chi connectivity index (χ1) is 7.34. The molecule has 5 rings (SSSR count). The average Bonchev–Trinajstić information content (AvgIpc) is 2.67. The van der Waals surface area contributed by atoms with Crippen LogP contribution in [0.4, 0.5) is 0 Å². The van der Waals surface area contributed by atoms with Gasteiger partial charge in [-0.25, -0.2) is 0 Å². The number of nitrogens with zero attached hydrogens (tertiary/aromatic N) is 1. The first-order valence-corrected chi connectivity index (χ1v) is 6.33. The third-order valence-electron chi connectivity index (χ3n) is 5.15. The van der Waals surface area contributed by atoms with Crippen molar-refractivity contribution in [3.63, 3.8) is 0 Å². The van der Waals surface area contributed by atoms with Crippen molar-refractivity contribution in [1.29, 1.82) is 0 Å². The molecule has 2 heteroatoms. The second-order valence-corrected chi connectivity index (χ2v) is 6.18. The van der Waals surface area contributed by atoms with Gasteiger partial charge in [-0.05, 0) is 67.3 Å². The van der Waals surface area contributed by atoms with E-state index in [9.17, 15) is 0 Å². The van der Waals surface area contributed by atoms with Crippen LogP contribution in [0, 0.1) is 17.8 Å². The normalized spacial score (nSPS) is 47.3. The number of aromatic nitrogens is 2. The lowest BCUT2D eigenvalue weighted by atomic mass is 9.48. The van der Waals surface area contributed by atoms with Crippen molar-refractivity contribution in [2.24, 2.45) is 17.8 Å². The average molecular weight is 204 g/mol. The number of hydrogen-bond donors (Lipinski definition) is 1. The molecule has 4 saturated carbocycles. The van der Waals surface area contributed by atoms with Crippen molar-refractivity contribution in [1.82, 2.24) is 10.2 Å². The minimum absolute atomic E-state index is 0.530. The van der Waals surface area contributed by atoms with Crippen molar-refractivity contribution in [3.05, 3.63) is 18.0 Å². The molecule has 1 N–H and O–H groups in total. The number of nitrogens with one attached hydrogen (secondary N) is 1. The van der Waals surface area contributed by atoms with E-state index in [0.29, 0.717) is 5.41 Å². The Morgan fingerprint density at radius 3 is 2.13 bits per heavy atom. The third-order valence-corrected chi connectivity index (χ3v) is 5.15. The highest BCUT2D eigenvalue weighted by Gasteiger charge is 2.51. The molecular weight excluding hydrogens is 186 g/mol. The molecule has 15 heavy (non-hydrogen) atoms. The predicted octanol–water partition coefficient (Wildman–Crippen LogP) is 2.88. The largest absolute Gasteiger partial charge is 0.285 e. The third kappa shape index (κ3) is 1.08. The Hall–Kier alpha value is -0.790. The summed E-state index contributed by atoms with van der Waals surface area (Å²) in [7, 11) is 0. The molecule has 1 heterocycles. The number of rotatable bonds is 1. The molecule has 1 aromatic rings. The van der Waals surface area contributed by atoms with Gasteiger partial charge in [0, 0.05) is 6.20 Å². The molecule has 4 aliphatic carbocycles. The molecule has 0 saturated heterocycles.